The number of carbonyl (C=O) groups is 1. The molecule has 0 aliphatic carbocycles. The maximum atomic E-state index is 12.7. The molecule has 0 saturated carbocycles. The number of amidine groups is 1. The van der Waals surface area contributed by atoms with E-state index < -0.39 is 11.7 Å². The van der Waals surface area contributed by atoms with Gasteiger partial charge in [0.15, 0.2) is 5.84 Å². The lowest BCUT2D eigenvalue weighted by Crippen LogP contribution is -2.19. The fraction of sp³-hybridized carbons (Fsp3) is 0. The van der Waals surface area contributed by atoms with E-state index in [0.717, 1.165) is 12.3 Å². The molecule has 9 heteroatoms. The molecular formula is C10H9FN6O2. The Labute approximate surface area is 106 Å². The van der Waals surface area contributed by atoms with Gasteiger partial charge in [0.2, 0.25) is 0 Å². The molecule has 0 aromatic carbocycles. The number of nitrogens with two attached hydrogens (primary N) is 1. The number of pyridine rings is 1. The Morgan fingerprint density at radius 3 is 2.89 bits per heavy atom. The Morgan fingerprint density at radius 2 is 2.26 bits per heavy atom. The van der Waals surface area contributed by atoms with E-state index in [0.29, 0.717) is 0 Å². The van der Waals surface area contributed by atoms with Crippen molar-refractivity contribution in [1.29, 1.82) is 0 Å². The number of hydrogen-bond acceptors (Lipinski definition) is 5. The summed E-state index contributed by atoms with van der Waals surface area (Å²) in [6, 6.07) is 2.34. The molecule has 0 unspecified atom stereocenters. The zero-order chi connectivity index (χ0) is 13.8. The van der Waals surface area contributed by atoms with Gasteiger partial charge in [0, 0.05) is 0 Å². The molecule has 0 atom stereocenters. The molecule has 0 fully saturated rings. The highest BCUT2D eigenvalue weighted by Gasteiger charge is 2.14. The van der Waals surface area contributed by atoms with Crippen LogP contribution in [-0.4, -0.2) is 32.1 Å². The number of anilines is 1. The Balaban J connectivity index is 2.20. The molecule has 2 heterocycles. The van der Waals surface area contributed by atoms with Crippen molar-refractivity contribution in [2.75, 3.05) is 5.32 Å². The third-order valence-electron chi connectivity index (χ3n) is 2.22. The summed E-state index contributed by atoms with van der Waals surface area (Å²) in [6.07, 6.45) is 2.20. The number of hydrogen-bond donors (Lipinski definition) is 4. The smallest absolute Gasteiger partial charge is 0.275 e. The van der Waals surface area contributed by atoms with Crippen LogP contribution in [0, 0.1) is 5.82 Å². The van der Waals surface area contributed by atoms with Crippen LogP contribution in [0.25, 0.3) is 0 Å². The molecular weight excluding hydrogens is 255 g/mol. The van der Waals surface area contributed by atoms with Crippen molar-refractivity contribution in [3.63, 3.8) is 0 Å². The van der Waals surface area contributed by atoms with Crippen LogP contribution in [0.5, 0.6) is 0 Å². The predicted octanol–water partition coefficient (Wildman–Crippen LogP) is 0.291. The summed E-state index contributed by atoms with van der Waals surface area (Å²) in [4.78, 5) is 15.4. The first-order valence-electron chi connectivity index (χ1n) is 5.06. The monoisotopic (exact) mass is 264 g/mol. The predicted molar refractivity (Wildman–Crippen MR) is 63.2 cm³/mol. The molecule has 0 spiro atoms. The van der Waals surface area contributed by atoms with Crippen LogP contribution in [-0.2, 0) is 0 Å². The van der Waals surface area contributed by atoms with Crippen LogP contribution in [0.1, 0.15) is 16.1 Å². The molecule has 2 rings (SSSR count). The SMILES string of the molecule is N/C(=N/O)c1cn[nH]c1NC(=O)c1ccc(F)cn1. The molecule has 8 nitrogen and oxygen atoms in total. The second kappa shape index (κ2) is 5.12. The van der Waals surface area contributed by atoms with Crippen molar-refractivity contribution < 1.29 is 14.4 Å². The maximum absolute atomic E-state index is 12.7. The Kier molecular flexibility index (Phi) is 3.37. The Hall–Kier alpha value is -2.97. The lowest BCUT2D eigenvalue weighted by atomic mass is 10.3. The van der Waals surface area contributed by atoms with E-state index in [1.54, 1.807) is 0 Å². The Bertz CT molecular complexity index is 621. The number of H-pyrrole nitrogens is 1. The van der Waals surface area contributed by atoms with E-state index in [2.05, 4.69) is 25.7 Å². The summed E-state index contributed by atoms with van der Waals surface area (Å²) in [6.45, 7) is 0. The first kappa shape index (κ1) is 12.5. The third kappa shape index (κ3) is 2.65. The van der Waals surface area contributed by atoms with Gasteiger partial charge in [-0.3, -0.25) is 9.89 Å². The van der Waals surface area contributed by atoms with Gasteiger partial charge < -0.3 is 16.3 Å². The quantitative estimate of drug-likeness (QED) is 0.274. The van der Waals surface area contributed by atoms with Gasteiger partial charge in [0.05, 0.1) is 18.0 Å². The number of nitrogens with one attached hydrogen (secondary N) is 2. The Morgan fingerprint density at radius 1 is 1.47 bits per heavy atom. The fourth-order valence-corrected chi connectivity index (χ4v) is 1.32. The maximum Gasteiger partial charge on any atom is 0.275 e. The average molecular weight is 264 g/mol. The lowest BCUT2D eigenvalue weighted by Gasteiger charge is -2.04. The molecule has 0 aliphatic rings. The van der Waals surface area contributed by atoms with E-state index in [-0.39, 0.29) is 22.9 Å². The summed E-state index contributed by atoms with van der Waals surface area (Å²) < 4.78 is 12.7. The third-order valence-corrected chi connectivity index (χ3v) is 2.22. The van der Waals surface area contributed by atoms with Crippen molar-refractivity contribution in [1.82, 2.24) is 15.2 Å². The zero-order valence-corrected chi connectivity index (χ0v) is 9.46. The van der Waals surface area contributed by atoms with Gasteiger partial charge in [-0.2, -0.15) is 5.10 Å². The van der Waals surface area contributed by atoms with Gasteiger partial charge >= 0.3 is 0 Å². The van der Waals surface area contributed by atoms with Gasteiger partial charge in [-0.15, -0.1) is 0 Å². The van der Waals surface area contributed by atoms with Crippen LogP contribution in [0.3, 0.4) is 0 Å². The minimum Gasteiger partial charge on any atom is -0.409 e. The number of carbonyl (C=O) groups excluding carboxylic acids is 1. The highest BCUT2D eigenvalue weighted by Crippen LogP contribution is 2.11. The molecule has 5 N–H and O–H groups in total. The normalized spacial score (nSPS) is 11.3. The number of amides is 1. The van der Waals surface area contributed by atoms with Crippen LogP contribution in [0.4, 0.5) is 10.2 Å². The van der Waals surface area contributed by atoms with Gasteiger partial charge in [-0.1, -0.05) is 5.16 Å². The first-order chi connectivity index (χ1) is 9.11. The molecule has 0 bridgehead atoms. The summed E-state index contributed by atoms with van der Waals surface area (Å²) in [5, 5.41) is 19.9. The standard InChI is InChI=1S/C10H9FN6O2/c11-5-1-2-7(13-3-5)10(18)15-9-6(4-14-16-9)8(12)17-19/h1-4,19H,(H2,12,17)(H2,14,15,16,18). The number of rotatable bonds is 3. The highest BCUT2D eigenvalue weighted by atomic mass is 19.1. The molecule has 0 saturated heterocycles. The van der Waals surface area contributed by atoms with Crippen molar-refractivity contribution in [2.24, 2.45) is 10.9 Å². The van der Waals surface area contributed by atoms with Crippen LogP contribution in [0.15, 0.2) is 29.7 Å². The summed E-state index contributed by atoms with van der Waals surface area (Å²) in [5.41, 5.74) is 5.63. The van der Waals surface area contributed by atoms with Crippen LogP contribution < -0.4 is 11.1 Å². The molecule has 0 radical (unpaired) electrons. The minimum atomic E-state index is -0.587. The van der Waals surface area contributed by atoms with E-state index >= 15 is 0 Å². The zero-order valence-electron chi connectivity index (χ0n) is 9.46. The molecule has 2 aromatic heterocycles. The van der Waals surface area contributed by atoms with E-state index in [1.165, 1.54) is 12.3 Å². The molecule has 98 valence electrons. The van der Waals surface area contributed by atoms with E-state index in [4.69, 9.17) is 10.9 Å². The molecule has 0 aliphatic heterocycles. The topological polar surface area (TPSA) is 129 Å². The summed E-state index contributed by atoms with van der Waals surface area (Å²) >= 11 is 0. The van der Waals surface area contributed by atoms with E-state index in [1.807, 2.05) is 0 Å². The number of oxime groups is 1. The fourth-order valence-electron chi connectivity index (χ4n) is 1.32. The van der Waals surface area contributed by atoms with Crippen molar-refractivity contribution >= 4 is 17.6 Å². The molecule has 2 aromatic rings. The van der Waals surface area contributed by atoms with Crippen molar-refractivity contribution in [2.45, 2.75) is 0 Å². The largest absolute Gasteiger partial charge is 0.409 e. The summed E-state index contributed by atoms with van der Waals surface area (Å²) in [5.74, 6) is -1.20. The number of halogens is 1. The second-order valence-electron chi connectivity index (χ2n) is 3.46. The number of nitrogens with zero attached hydrogens (tertiary/aromatic N) is 3. The minimum absolute atomic E-state index is 0.0152. The van der Waals surface area contributed by atoms with Gasteiger partial charge in [-0.05, 0) is 12.1 Å². The van der Waals surface area contributed by atoms with Gasteiger partial charge in [-0.25, -0.2) is 9.37 Å². The van der Waals surface area contributed by atoms with E-state index in [9.17, 15) is 9.18 Å². The molecule has 19 heavy (non-hydrogen) atoms. The van der Waals surface area contributed by atoms with Crippen LogP contribution >= 0.6 is 0 Å². The van der Waals surface area contributed by atoms with Gasteiger partial charge in [0.25, 0.3) is 5.91 Å². The van der Waals surface area contributed by atoms with Crippen molar-refractivity contribution in [3.8, 4) is 0 Å². The molecule has 1 amide bonds. The average Bonchev–Trinajstić information content (AvgIpc) is 2.86. The second-order valence-corrected chi connectivity index (χ2v) is 3.46. The lowest BCUT2D eigenvalue weighted by molar-refractivity contribution is 0.102. The number of aromatic nitrogens is 3. The number of aromatic amines is 1. The summed E-state index contributed by atoms with van der Waals surface area (Å²) in [7, 11) is 0. The van der Waals surface area contributed by atoms with Crippen molar-refractivity contribution in [3.05, 3.63) is 41.6 Å². The first-order valence-corrected chi connectivity index (χ1v) is 5.06. The highest BCUT2D eigenvalue weighted by molar-refractivity contribution is 6.08. The van der Waals surface area contributed by atoms with Crippen LogP contribution in [0.2, 0.25) is 0 Å². The van der Waals surface area contributed by atoms with Gasteiger partial charge in [0.1, 0.15) is 17.3 Å².